The Morgan fingerprint density at radius 2 is 2.00 bits per heavy atom. The molecule has 0 amide bonds. The van der Waals surface area contributed by atoms with Gasteiger partial charge in [0, 0.05) is 12.0 Å². The van der Waals surface area contributed by atoms with Crippen molar-refractivity contribution in [2.75, 3.05) is 6.61 Å². The average molecular weight is 379 g/mol. The Hall–Kier alpha value is -1.03. The van der Waals surface area contributed by atoms with Crippen LogP contribution in [0.5, 0.6) is 0 Å². The Labute approximate surface area is 149 Å². The van der Waals surface area contributed by atoms with Gasteiger partial charge in [0.1, 0.15) is 17.7 Å². The van der Waals surface area contributed by atoms with Crippen molar-refractivity contribution in [2.24, 2.45) is 23.2 Å². The van der Waals surface area contributed by atoms with Crippen LogP contribution in [-0.4, -0.2) is 53.4 Å². The normalized spacial score (nSPS) is 43.5. The molecular formula is C17H24F3NO5. The lowest BCUT2D eigenvalue weighted by Gasteiger charge is -2.45. The van der Waals surface area contributed by atoms with Crippen LogP contribution in [-0.2, 0) is 14.5 Å². The summed E-state index contributed by atoms with van der Waals surface area (Å²) in [6.45, 7) is -0.386. The summed E-state index contributed by atoms with van der Waals surface area (Å²) in [5.74, 6) is -1.19. The molecule has 0 aromatic rings. The van der Waals surface area contributed by atoms with Crippen molar-refractivity contribution in [3.63, 3.8) is 0 Å². The van der Waals surface area contributed by atoms with Gasteiger partial charge in [-0.05, 0) is 50.4 Å². The van der Waals surface area contributed by atoms with Gasteiger partial charge < -0.3 is 15.2 Å². The van der Waals surface area contributed by atoms with Gasteiger partial charge in [0.25, 0.3) is 0 Å². The first kappa shape index (κ1) is 19.7. The SMILES string of the molecule is O=CC1(CC2CCC(C(F)(F)F)NC2COO)C(=O)C2CCC(C2)C1O. The van der Waals surface area contributed by atoms with E-state index < -0.39 is 35.7 Å². The van der Waals surface area contributed by atoms with Crippen LogP contribution in [0.25, 0.3) is 0 Å². The second kappa shape index (κ2) is 7.18. The summed E-state index contributed by atoms with van der Waals surface area (Å²) in [4.78, 5) is 28.8. The second-order valence-electron chi connectivity index (χ2n) is 7.94. The third-order valence-electron chi connectivity index (χ3n) is 6.55. The second-order valence-corrected chi connectivity index (χ2v) is 7.94. The first-order valence-electron chi connectivity index (χ1n) is 9.00. The zero-order chi connectivity index (χ0) is 19.1. The topological polar surface area (TPSA) is 95.9 Å². The molecule has 2 bridgehead atoms. The van der Waals surface area contributed by atoms with E-state index in [1.54, 1.807) is 0 Å². The average Bonchev–Trinajstić information content (AvgIpc) is 3.05. The Morgan fingerprint density at radius 3 is 2.62 bits per heavy atom. The molecule has 6 nitrogen and oxygen atoms in total. The lowest BCUT2D eigenvalue weighted by Crippen LogP contribution is -2.59. The zero-order valence-electron chi connectivity index (χ0n) is 14.2. The number of aldehydes is 1. The molecule has 1 aliphatic heterocycles. The number of aliphatic hydroxyl groups excluding tert-OH is 1. The van der Waals surface area contributed by atoms with Crippen LogP contribution in [0.15, 0.2) is 0 Å². The summed E-state index contributed by atoms with van der Waals surface area (Å²) in [5.41, 5.74) is -1.57. The molecule has 0 aromatic carbocycles. The molecule has 2 saturated carbocycles. The molecule has 1 saturated heterocycles. The fourth-order valence-electron chi connectivity index (χ4n) is 5.15. The van der Waals surface area contributed by atoms with Crippen LogP contribution in [0.1, 0.15) is 38.5 Å². The maximum atomic E-state index is 13.0. The molecule has 0 spiro atoms. The van der Waals surface area contributed by atoms with Gasteiger partial charge in [0.05, 0.1) is 12.7 Å². The number of ketones is 1. The van der Waals surface area contributed by atoms with Crippen LogP contribution in [0, 0.1) is 23.2 Å². The summed E-state index contributed by atoms with van der Waals surface area (Å²) < 4.78 is 39.0. The summed E-state index contributed by atoms with van der Waals surface area (Å²) in [5, 5.41) is 21.8. The molecule has 0 radical (unpaired) electrons. The zero-order valence-corrected chi connectivity index (χ0v) is 14.2. The predicted molar refractivity (Wildman–Crippen MR) is 83.0 cm³/mol. The van der Waals surface area contributed by atoms with E-state index in [9.17, 15) is 27.9 Å². The number of fused-ring (bicyclic) bond motifs is 2. The minimum absolute atomic E-state index is 0.0326. The largest absolute Gasteiger partial charge is 0.403 e. The standard InChI is InChI=1S/C17H24F3NO5/c18-17(19,20)13-4-3-11(12(21-13)7-26-25)6-16(8-22)14(23)9-1-2-10(5-9)15(16)24/h8-14,21,23,25H,1-7H2. The minimum atomic E-state index is -4.43. The Balaban J connectivity index is 1.81. The highest BCUT2D eigenvalue weighted by molar-refractivity contribution is 6.01. The van der Waals surface area contributed by atoms with Crippen molar-refractivity contribution < 1.29 is 38.0 Å². The molecule has 3 fully saturated rings. The quantitative estimate of drug-likeness (QED) is 0.291. The van der Waals surface area contributed by atoms with Gasteiger partial charge in [-0.25, -0.2) is 4.89 Å². The minimum Gasteiger partial charge on any atom is -0.391 e. The lowest BCUT2D eigenvalue weighted by molar-refractivity contribution is -0.254. The third-order valence-corrected chi connectivity index (χ3v) is 6.55. The van der Waals surface area contributed by atoms with Gasteiger partial charge in [-0.3, -0.25) is 10.1 Å². The summed E-state index contributed by atoms with van der Waals surface area (Å²) in [6.07, 6.45) is -3.27. The number of hydrogen-bond acceptors (Lipinski definition) is 6. The van der Waals surface area contributed by atoms with Crippen molar-refractivity contribution in [2.45, 2.75) is 62.9 Å². The van der Waals surface area contributed by atoms with Crippen molar-refractivity contribution in [3.05, 3.63) is 0 Å². The number of alkyl halides is 3. The fraction of sp³-hybridized carbons (Fsp3) is 0.882. The van der Waals surface area contributed by atoms with Gasteiger partial charge in [0.15, 0.2) is 5.78 Å². The number of carbonyl (C=O) groups is 2. The molecule has 3 rings (SSSR count). The van der Waals surface area contributed by atoms with Gasteiger partial charge in [-0.2, -0.15) is 13.2 Å². The van der Waals surface area contributed by atoms with Crippen LogP contribution in [0.2, 0.25) is 0 Å². The number of hydrogen-bond donors (Lipinski definition) is 3. The Kier molecular flexibility index (Phi) is 5.45. The summed E-state index contributed by atoms with van der Waals surface area (Å²) in [6, 6.07) is -2.59. The first-order valence-corrected chi connectivity index (χ1v) is 9.00. The number of piperidine rings is 1. The molecule has 2 aliphatic carbocycles. The highest BCUT2D eigenvalue weighted by Gasteiger charge is 2.58. The fourth-order valence-corrected chi connectivity index (χ4v) is 5.15. The first-order chi connectivity index (χ1) is 12.2. The number of aliphatic hydroxyl groups is 1. The number of nitrogens with one attached hydrogen (secondary N) is 1. The van der Waals surface area contributed by atoms with E-state index >= 15 is 0 Å². The van der Waals surface area contributed by atoms with Crippen molar-refractivity contribution >= 4 is 12.1 Å². The van der Waals surface area contributed by atoms with E-state index in [1.807, 2.05) is 0 Å². The summed E-state index contributed by atoms with van der Waals surface area (Å²) in [7, 11) is 0. The lowest BCUT2D eigenvalue weighted by atomic mass is 9.61. The van der Waals surface area contributed by atoms with Crippen LogP contribution in [0.4, 0.5) is 13.2 Å². The number of halogens is 3. The van der Waals surface area contributed by atoms with E-state index in [1.165, 1.54) is 0 Å². The number of rotatable bonds is 5. The smallest absolute Gasteiger partial charge is 0.391 e. The van der Waals surface area contributed by atoms with Gasteiger partial charge >= 0.3 is 6.18 Å². The highest BCUT2D eigenvalue weighted by Crippen LogP contribution is 2.51. The van der Waals surface area contributed by atoms with E-state index in [0.717, 1.165) is 0 Å². The van der Waals surface area contributed by atoms with Gasteiger partial charge in [0.2, 0.25) is 0 Å². The molecule has 3 N–H and O–H groups in total. The Bertz CT molecular complexity index is 557. The van der Waals surface area contributed by atoms with E-state index in [2.05, 4.69) is 10.2 Å². The van der Waals surface area contributed by atoms with Crippen LogP contribution < -0.4 is 5.32 Å². The molecule has 26 heavy (non-hydrogen) atoms. The molecule has 148 valence electrons. The Morgan fingerprint density at radius 1 is 1.27 bits per heavy atom. The molecule has 7 atom stereocenters. The highest BCUT2D eigenvalue weighted by atomic mass is 19.4. The molecule has 1 heterocycles. The molecule has 3 aliphatic rings. The van der Waals surface area contributed by atoms with Crippen LogP contribution in [0.3, 0.4) is 0 Å². The number of Topliss-reactive ketones (excluding diaryl/α,β-unsaturated/α-hetero) is 1. The molecule has 9 heteroatoms. The monoisotopic (exact) mass is 379 g/mol. The van der Waals surface area contributed by atoms with Crippen LogP contribution >= 0.6 is 0 Å². The van der Waals surface area contributed by atoms with E-state index in [4.69, 9.17) is 5.26 Å². The third kappa shape index (κ3) is 3.30. The van der Waals surface area contributed by atoms with E-state index in [0.29, 0.717) is 25.5 Å². The molecular weight excluding hydrogens is 355 g/mol. The predicted octanol–water partition coefficient (Wildman–Crippen LogP) is 1.71. The number of carbonyl (C=O) groups excluding carboxylic acids is 2. The van der Waals surface area contributed by atoms with Gasteiger partial charge in [-0.1, -0.05) is 0 Å². The molecule has 7 unspecified atom stereocenters. The van der Waals surface area contributed by atoms with E-state index in [-0.39, 0.29) is 43.5 Å². The maximum Gasteiger partial charge on any atom is 0.403 e. The van der Waals surface area contributed by atoms with Crippen molar-refractivity contribution in [1.82, 2.24) is 5.32 Å². The van der Waals surface area contributed by atoms with Gasteiger partial charge in [-0.15, -0.1) is 0 Å². The maximum absolute atomic E-state index is 13.0. The summed E-state index contributed by atoms with van der Waals surface area (Å²) >= 11 is 0. The van der Waals surface area contributed by atoms with Crippen molar-refractivity contribution in [1.29, 1.82) is 0 Å². The van der Waals surface area contributed by atoms with Crippen molar-refractivity contribution in [3.8, 4) is 0 Å². The molecule has 0 aromatic heterocycles.